The third-order valence-electron chi connectivity index (χ3n) is 4.10. The summed E-state index contributed by atoms with van der Waals surface area (Å²) in [6, 6.07) is 2.91. The van der Waals surface area contributed by atoms with Gasteiger partial charge in [-0.1, -0.05) is 6.92 Å². The molecule has 0 saturated heterocycles. The highest BCUT2D eigenvalue weighted by molar-refractivity contribution is 7.18. The Morgan fingerprint density at radius 2 is 2.25 bits per heavy atom. The number of aryl methyl sites for hydroxylation is 1. The summed E-state index contributed by atoms with van der Waals surface area (Å²) in [4.78, 5) is 14.0. The van der Waals surface area contributed by atoms with Crippen molar-refractivity contribution in [3.8, 4) is 0 Å². The second-order valence-corrected chi connectivity index (χ2v) is 6.52. The lowest BCUT2D eigenvalue weighted by Crippen LogP contribution is -2.42. The maximum absolute atomic E-state index is 5.70. The topological polar surface area (TPSA) is 55.0 Å². The molecule has 2 aromatic heterocycles. The van der Waals surface area contributed by atoms with Crippen molar-refractivity contribution in [1.29, 1.82) is 0 Å². The van der Waals surface area contributed by atoms with Gasteiger partial charge in [0, 0.05) is 17.5 Å². The largest absolute Gasteiger partial charge is 0.353 e. The smallest absolute Gasteiger partial charge is 0.141 e. The van der Waals surface area contributed by atoms with Crippen LogP contribution in [0, 0.1) is 0 Å². The molecule has 0 spiro atoms. The average molecular weight is 290 g/mol. The van der Waals surface area contributed by atoms with Crippen LogP contribution in [0.4, 0.5) is 5.82 Å². The predicted octanol–water partition coefficient (Wildman–Crippen LogP) is 2.96. The molecule has 0 aliphatic heterocycles. The minimum Gasteiger partial charge on any atom is -0.353 e. The van der Waals surface area contributed by atoms with Crippen molar-refractivity contribution in [3.05, 3.63) is 17.3 Å². The Balaban J connectivity index is 1.98. The van der Waals surface area contributed by atoms with E-state index in [2.05, 4.69) is 27.9 Å². The summed E-state index contributed by atoms with van der Waals surface area (Å²) in [6.45, 7) is 3.93. The van der Waals surface area contributed by atoms with Crippen LogP contribution >= 0.6 is 11.3 Å². The van der Waals surface area contributed by atoms with E-state index in [4.69, 9.17) is 5.73 Å². The number of nitrogens with zero attached hydrogens (tertiary/aromatic N) is 3. The number of thiophene rings is 1. The lowest BCUT2D eigenvalue weighted by molar-refractivity contribution is 0.383. The molecule has 2 aromatic rings. The minimum atomic E-state index is 0.643. The van der Waals surface area contributed by atoms with Gasteiger partial charge in [-0.2, -0.15) is 0 Å². The van der Waals surface area contributed by atoms with E-state index in [9.17, 15) is 0 Å². The van der Waals surface area contributed by atoms with Crippen LogP contribution in [0.3, 0.4) is 0 Å². The van der Waals surface area contributed by atoms with Gasteiger partial charge in [-0.05, 0) is 44.7 Å². The Bertz CT molecular complexity index is 576. The molecule has 0 radical (unpaired) electrons. The van der Waals surface area contributed by atoms with Crippen LogP contribution in [0.15, 0.2) is 12.4 Å². The lowest BCUT2D eigenvalue weighted by Gasteiger charge is -2.38. The fourth-order valence-corrected chi connectivity index (χ4v) is 3.65. The van der Waals surface area contributed by atoms with E-state index < -0.39 is 0 Å². The third-order valence-corrected chi connectivity index (χ3v) is 5.29. The second-order valence-electron chi connectivity index (χ2n) is 5.40. The van der Waals surface area contributed by atoms with Crippen molar-refractivity contribution < 1.29 is 0 Å². The quantitative estimate of drug-likeness (QED) is 0.888. The molecule has 1 aliphatic rings. The Morgan fingerprint density at radius 3 is 2.90 bits per heavy atom. The molecular formula is C15H22N4S. The van der Waals surface area contributed by atoms with Crippen LogP contribution < -0.4 is 10.6 Å². The summed E-state index contributed by atoms with van der Waals surface area (Å²) in [6.07, 6.45) is 7.69. The van der Waals surface area contributed by atoms with Crippen molar-refractivity contribution in [2.45, 2.75) is 45.1 Å². The van der Waals surface area contributed by atoms with E-state index in [-0.39, 0.29) is 0 Å². The van der Waals surface area contributed by atoms with E-state index in [0.29, 0.717) is 6.04 Å². The molecule has 108 valence electrons. The number of aromatic nitrogens is 2. The zero-order chi connectivity index (χ0) is 13.9. The zero-order valence-corrected chi connectivity index (χ0v) is 12.8. The van der Waals surface area contributed by atoms with Crippen LogP contribution in [0.1, 0.15) is 37.5 Å². The van der Waals surface area contributed by atoms with Crippen molar-refractivity contribution in [2.75, 3.05) is 18.0 Å². The van der Waals surface area contributed by atoms with Crippen LogP contribution in [0.2, 0.25) is 0 Å². The number of hydrogen-bond acceptors (Lipinski definition) is 5. The summed E-state index contributed by atoms with van der Waals surface area (Å²) in [7, 11) is 0. The summed E-state index contributed by atoms with van der Waals surface area (Å²) >= 11 is 1.79. The van der Waals surface area contributed by atoms with Crippen molar-refractivity contribution in [2.24, 2.45) is 5.73 Å². The van der Waals surface area contributed by atoms with Gasteiger partial charge in [0.05, 0.1) is 5.39 Å². The highest BCUT2D eigenvalue weighted by atomic mass is 32.1. The molecule has 1 fully saturated rings. The maximum atomic E-state index is 5.70. The summed E-state index contributed by atoms with van der Waals surface area (Å²) in [5.74, 6) is 1.11. The van der Waals surface area contributed by atoms with Gasteiger partial charge in [-0.15, -0.1) is 11.3 Å². The molecule has 5 heteroatoms. The molecule has 0 bridgehead atoms. The highest BCUT2D eigenvalue weighted by Crippen LogP contribution is 2.35. The SMILES string of the molecule is CCc1cc2c(N(CCCN)C3CCC3)ncnc2s1. The predicted molar refractivity (Wildman–Crippen MR) is 85.4 cm³/mol. The van der Waals surface area contributed by atoms with Gasteiger partial charge in [-0.3, -0.25) is 0 Å². The van der Waals surface area contributed by atoms with Gasteiger partial charge < -0.3 is 10.6 Å². The molecule has 2 heterocycles. The number of nitrogens with two attached hydrogens (primary N) is 1. The molecule has 2 N–H and O–H groups in total. The van der Waals surface area contributed by atoms with E-state index >= 15 is 0 Å². The highest BCUT2D eigenvalue weighted by Gasteiger charge is 2.27. The lowest BCUT2D eigenvalue weighted by atomic mass is 9.91. The minimum absolute atomic E-state index is 0.643. The van der Waals surface area contributed by atoms with Crippen molar-refractivity contribution >= 4 is 27.4 Å². The molecule has 0 unspecified atom stereocenters. The van der Waals surface area contributed by atoms with Gasteiger partial charge >= 0.3 is 0 Å². The molecule has 1 aliphatic carbocycles. The summed E-state index contributed by atoms with van der Waals surface area (Å²) in [5.41, 5.74) is 5.70. The van der Waals surface area contributed by atoms with Gasteiger partial charge in [0.1, 0.15) is 17.0 Å². The van der Waals surface area contributed by atoms with Crippen LogP contribution in [-0.4, -0.2) is 29.1 Å². The van der Waals surface area contributed by atoms with Crippen molar-refractivity contribution in [1.82, 2.24) is 9.97 Å². The standard InChI is InChI=1S/C15H22N4S/c1-2-12-9-13-14(17-10-18-15(13)20-12)19(8-4-7-16)11-5-3-6-11/h9-11H,2-8,16H2,1H3. The fourth-order valence-electron chi connectivity index (χ4n) is 2.72. The van der Waals surface area contributed by atoms with E-state index in [0.717, 1.165) is 36.6 Å². The first-order valence-corrected chi connectivity index (χ1v) is 8.35. The monoisotopic (exact) mass is 290 g/mol. The Labute approximate surface area is 124 Å². The summed E-state index contributed by atoms with van der Waals surface area (Å²) in [5, 5.41) is 1.22. The Hall–Kier alpha value is -1.20. The Kier molecular flexibility index (Phi) is 4.17. The van der Waals surface area contributed by atoms with Gasteiger partial charge in [-0.25, -0.2) is 9.97 Å². The maximum Gasteiger partial charge on any atom is 0.141 e. The molecule has 4 nitrogen and oxygen atoms in total. The molecule has 0 atom stereocenters. The van der Waals surface area contributed by atoms with E-state index in [1.54, 1.807) is 17.7 Å². The molecule has 20 heavy (non-hydrogen) atoms. The first-order valence-electron chi connectivity index (χ1n) is 7.53. The molecular weight excluding hydrogens is 268 g/mol. The van der Waals surface area contributed by atoms with Crippen LogP contribution in [-0.2, 0) is 6.42 Å². The Morgan fingerprint density at radius 1 is 1.40 bits per heavy atom. The molecule has 0 amide bonds. The zero-order valence-electron chi connectivity index (χ0n) is 12.0. The van der Waals surface area contributed by atoms with Crippen LogP contribution in [0.5, 0.6) is 0 Å². The number of anilines is 1. The normalized spacial score (nSPS) is 15.5. The van der Waals surface area contributed by atoms with Crippen LogP contribution in [0.25, 0.3) is 10.2 Å². The number of rotatable bonds is 6. The first-order chi connectivity index (χ1) is 9.83. The van der Waals surface area contributed by atoms with E-state index in [1.807, 2.05) is 0 Å². The fraction of sp³-hybridized carbons (Fsp3) is 0.600. The first kappa shape index (κ1) is 13.8. The third kappa shape index (κ3) is 2.52. The van der Waals surface area contributed by atoms with E-state index in [1.165, 1.54) is 29.5 Å². The second kappa shape index (κ2) is 6.06. The van der Waals surface area contributed by atoms with Gasteiger partial charge in [0.15, 0.2) is 0 Å². The van der Waals surface area contributed by atoms with Crippen molar-refractivity contribution in [3.63, 3.8) is 0 Å². The summed E-state index contributed by atoms with van der Waals surface area (Å²) < 4.78 is 0. The molecule has 3 rings (SSSR count). The number of fused-ring (bicyclic) bond motifs is 1. The molecule has 0 aromatic carbocycles. The number of hydrogen-bond donors (Lipinski definition) is 1. The van der Waals surface area contributed by atoms with Gasteiger partial charge in [0.25, 0.3) is 0 Å². The van der Waals surface area contributed by atoms with Gasteiger partial charge in [0.2, 0.25) is 0 Å². The molecule has 1 saturated carbocycles. The average Bonchev–Trinajstić information content (AvgIpc) is 2.84.